The Morgan fingerprint density at radius 2 is 1.77 bits per heavy atom. The van der Waals surface area contributed by atoms with E-state index in [1.807, 2.05) is 64.1 Å². The van der Waals surface area contributed by atoms with Gasteiger partial charge in [-0.3, -0.25) is 9.59 Å². The van der Waals surface area contributed by atoms with Crippen molar-refractivity contribution < 1.29 is 14.3 Å². The molecule has 0 fully saturated rings. The number of hydrogen-bond acceptors (Lipinski definition) is 3. The molecule has 2 aromatic rings. The van der Waals surface area contributed by atoms with Crippen LogP contribution in [0.4, 0.5) is 0 Å². The number of nitrogens with zero attached hydrogens (tertiary/aromatic N) is 1. The SMILES string of the molecule is CCCNC(=O)C(CC)N(Cc1ccc(OC)cc1)C(=O)Cc1cc(C)ccc1C. The number of nitrogens with one attached hydrogen (secondary N) is 1. The van der Waals surface area contributed by atoms with Crippen molar-refractivity contribution in [2.75, 3.05) is 13.7 Å². The lowest BCUT2D eigenvalue weighted by atomic mass is 10.0. The van der Waals surface area contributed by atoms with Crippen LogP contribution < -0.4 is 10.1 Å². The van der Waals surface area contributed by atoms with Crippen LogP contribution in [0.15, 0.2) is 42.5 Å². The highest BCUT2D eigenvalue weighted by atomic mass is 16.5. The van der Waals surface area contributed by atoms with Crippen LogP contribution in [0.1, 0.15) is 48.9 Å². The minimum atomic E-state index is -0.503. The van der Waals surface area contributed by atoms with Gasteiger partial charge in [-0.2, -0.15) is 0 Å². The number of methoxy groups -OCH3 is 1. The van der Waals surface area contributed by atoms with E-state index in [4.69, 9.17) is 4.74 Å². The van der Waals surface area contributed by atoms with E-state index in [0.717, 1.165) is 34.4 Å². The molecule has 2 aromatic carbocycles. The van der Waals surface area contributed by atoms with Gasteiger partial charge < -0.3 is 15.0 Å². The molecule has 0 bridgehead atoms. The average molecular weight is 411 g/mol. The summed E-state index contributed by atoms with van der Waals surface area (Å²) in [5, 5.41) is 2.95. The quantitative estimate of drug-likeness (QED) is 0.639. The van der Waals surface area contributed by atoms with Crippen LogP contribution in [-0.4, -0.2) is 36.4 Å². The van der Waals surface area contributed by atoms with Gasteiger partial charge in [0.15, 0.2) is 0 Å². The van der Waals surface area contributed by atoms with Crippen LogP contribution in [0.2, 0.25) is 0 Å². The average Bonchev–Trinajstić information content (AvgIpc) is 2.75. The summed E-state index contributed by atoms with van der Waals surface area (Å²) >= 11 is 0. The summed E-state index contributed by atoms with van der Waals surface area (Å²) in [6.07, 6.45) is 1.70. The Bertz CT molecular complexity index is 846. The third kappa shape index (κ3) is 6.34. The van der Waals surface area contributed by atoms with Crippen molar-refractivity contribution in [3.8, 4) is 5.75 Å². The smallest absolute Gasteiger partial charge is 0.242 e. The summed E-state index contributed by atoms with van der Waals surface area (Å²) in [6.45, 7) is 8.99. The van der Waals surface area contributed by atoms with Crippen molar-refractivity contribution >= 4 is 11.8 Å². The molecular formula is C25H34N2O3. The van der Waals surface area contributed by atoms with Gasteiger partial charge in [-0.05, 0) is 55.5 Å². The lowest BCUT2D eigenvalue weighted by Crippen LogP contribution is -2.49. The normalized spacial score (nSPS) is 11.6. The highest BCUT2D eigenvalue weighted by Crippen LogP contribution is 2.19. The van der Waals surface area contributed by atoms with E-state index in [9.17, 15) is 9.59 Å². The maximum Gasteiger partial charge on any atom is 0.242 e. The number of benzene rings is 2. The van der Waals surface area contributed by atoms with Gasteiger partial charge in [0, 0.05) is 13.1 Å². The molecule has 5 heteroatoms. The molecule has 0 saturated carbocycles. The number of carbonyl (C=O) groups excluding carboxylic acids is 2. The molecule has 30 heavy (non-hydrogen) atoms. The van der Waals surface area contributed by atoms with Gasteiger partial charge in [0.25, 0.3) is 0 Å². The van der Waals surface area contributed by atoms with Crippen LogP contribution in [0.25, 0.3) is 0 Å². The number of ether oxygens (including phenoxy) is 1. The number of aryl methyl sites for hydroxylation is 2. The van der Waals surface area contributed by atoms with Crippen molar-refractivity contribution in [3.63, 3.8) is 0 Å². The standard InChI is InChI=1S/C25H34N2O3/c1-6-14-26-25(29)23(7-2)27(17-20-10-12-22(30-5)13-11-20)24(28)16-21-15-18(3)8-9-19(21)4/h8-13,15,23H,6-7,14,16-17H2,1-5H3,(H,26,29). The highest BCUT2D eigenvalue weighted by Gasteiger charge is 2.28. The Hall–Kier alpha value is -2.82. The number of hydrogen-bond donors (Lipinski definition) is 1. The number of amides is 2. The Morgan fingerprint density at radius 3 is 2.37 bits per heavy atom. The van der Waals surface area contributed by atoms with Crippen molar-refractivity contribution in [1.29, 1.82) is 0 Å². The fraction of sp³-hybridized carbons (Fsp3) is 0.440. The second kappa shape index (κ2) is 11.4. The zero-order valence-corrected chi connectivity index (χ0v) is 18.8. The second-order valence-corrected chi connectivity index (χ2v) is 7.69. The molecule has 0 aromatic heterocycles. The van der Waals surface area contributed by atoms with Crippen molar-refractivity contribution in [2.45, 2.75) is 59.5 Å². The molecule has 0 radical (unpaired) electrons. The second-order valence-electron chi connectivity index (χ2n) is 7.69. The summed E-state index contributed by atoms with van der Waals surface area (Å²) in [4.78, 5) is 27.9. The lowest BCUT2D eigenvalue weighted by Gasteiger charge is -2.31. The van der Waals surface area contributed by atoms with Crippen molar-refractivity contribution in [3.05, 3.63) is 64.7 Å². The van der Waals surface area contributed by atoms with Crippen LogP contribution in [-0.2, 0) is 22.6 Å². The topological polar surface area (TPSA) is 58.6 Å². The fourth-order valence-electron chi connectivity index (χ4n) is 3.47. The van der Waals surface area contributed by atoms with E-state index < -0.39 is 6.04 Å². The van der Waals surface area contributed by atoms with Gasteiger partial charge in [-0.1, -0.05) is 49.7 Å². The Labute approximate surface area is 180 Å². The first kappa shape index (κ1) is 23.5. The number of rotatable bonds is 10. The predicted octanol–water partition coefficient (Wildman–Crippen LogP) is 4.19. The molecule has 0 saturated heterocycles. The molecule has 1 N–H and O–H groups in total. The molecule has 0 spiro atoms. The summed E-state index contributed by atoms with van der Waals surface area (Å²) in [6, 6.07) is 13.3. The van der Waals surface area contributed by atoms with Crippen LogP contribution >= 0.6 is 0 Å². The van der Waals surface area contributed by atoms with Crippen molar-refractivity contribution in [1.82, 2.24) is 10.2 Å². The Balaban J connectivity index is 2.30. The largest absolute Gasteiger partial charge is 0.497 e. The highest BCUT2D eigenvalue weighted by molar-refractivity contribution is 5.88. The van der Waals surface area contributed by atoms with Gasteiger partial charge in [0.05, 0.1) is 13.5 Å². The molecule has 2 rings (SSSR count). The summed E-state index contributed by atoms with van der Waals surface area (Å²) in [7, 11) is 1.63. The van der Waals surface area contributed by atoms with Gasteiger partial charge in [-0.15, -0.1) is 0 Å². The molecule has 2 amide bonds. The predicted molar refractivity (Wildman–Crippen MR) is 121 cm³/mol. The van der Waals surface area contributed by atoms with Crippen molar-refractivity contribution in [2.24, 2.45) is 0 Å². The first-order chi connectivity index (χ1) is 14.4. The minimum absolute atomic E-state index is 0.0435. The molecule has 162 valence electrons. The third-order valence-electron chi connectivity index (χ3n) is 5.29. The zero-order chi connectivity index (χ0) is 22.1. The molecule has 0 aliphatic heterocycles. The minimum Gasteiger partial charge on any atom is -0.497 e. The maximum atomic E-state index is 13.4. The molecule has 1 atom stereocenters. The van der Waals surface area contributed by atoms with E-state index in [2.05, 4.69) is 11.4 Å². The van der Waals surface area contributed by atoms with Crippen LogP contribution in [0.5, 0.6) is 5.75 Å². The first-order valence-corrected chi connectivity index (χ1v) is 10.7. The molecular weight excluding hydrogens is 376 g/mol. The zero-order valence-electron chi connectivity index (χ0n) is 18.8. The van der Waals surface area contributed by atoms with Crippen LogP contribution in [0.3, 0.4) is 0 Å². The fourth-order valence-corrected chi connectivity index (χ4v) is 3.47. The van der Waals surface area contributed by atoms with E-state index in [1.165, 1.54) is 0 Å². The van der Waals surface area contributed by atoms with E-state index in [0.29, 0.717) is 19.5 Å². The lowest BCUT2D eigenvalue weighted by molar-refractivity contribution is -0.140. The van der Waals surface area contributed by atoms with Gasteiger partial charge in [0.2, 0.25) is 11.8 Å². The Kier molecular flexibility index (Phi) is 8.90. The van der Waals surface area contributed by atoms with E-state index in [-0.39, 0.29) is 18.2 Å². The van der Waals surface area contributed by atoms with E-state index in [1.54, 1.807) is 12.0 Å². The molecule has 0 aliphatic rings. The molecule has 0 heterocycles. The van der Waals surface area contributed by atoms with Crippen LogP contribution in [0, 0.1) is 13.8 Å². The molecule has 0 aliphatic carbocycles. The monoisotopic (exact) mass is 410 g/mol. The maximum absolute atomic E-state index is 13.4. The first-order valence-electron chi connectivity index (χ1n) is 10.7. The summed E-state index contributed by atoms with van der Waals surface area (Å²) in [5.41, 5.74) is 4.18. The van der Waals surface area contributed by atoms with E-state index >= 15 is 0 Å². The van der Waals surface area contributed by atoms with Gasteiger partial charge in [0.1, 0.15) is 11.8 Å². The summed E-state index contributed by atoms with van der Waals surface area (Å²) in [5.74, 6) is 0.625. The Morgan fingerprint density at radius 1 is 1.07 bits per heavy atom. The van der Waals surface area contributed by atoms with Gasteiger partial charge in [-0.25, -0.2) is 0 Å². The number of carbonyl (C=O) groups is 2. The molecule has 1 unspecified atom stereocenters. The summed E-state index contributed by atoms with van der Waals surface area (Å²) < 4.78 is 5.23. The third-order valence-corrected chi connectivity index (χ3v) is 5.29. The molecule has 5 nitrogen and oxygen atoms in total. The van der Waals surface area contributed by atoms with Gasteiger partial charge >= 0.3 is 0 Å².